The van der Waals surface area contributed by atoms with Gasteiger partial charge in [-0.25, -0.2) is 0 Å². The number of hydrogen-bond donors (Lipinski definition) is 1. The van der Waals surface area contributed by atoms with Crippen molar-refractivity contribution in [1.29, 1.82) is 0 Å². The molecule has 21 heavy (non-hydrogen) atoms. The topological polar surface area (TPSA) is 39.1 Å². The molecule has 0 spiro atoms. The number of nitrogens with zero attached hydrogens (tertiary/aromatic N) is 2. The first-order valence-corrected chi connectivity index (χ1v) is 8.54. The van der Waals surface area contributed by atoms with Gasteiger partial charge in [-0.05, 0) is 41.7 Å². The molecule has 1 aromatic rings. The number of hydrogen-bond acceptors (Lipinski definition) is 3. The summed E-state index contributed by atoms with van der Waals surface area (Å²) in [6, 6.07) is 0.265. The number of ether oxygens (including phenoxy) is 1. The van der Waals surface area contributed by atoms with E-state index in [1.807, 2.05) is 18.7 Å². The van der Waals surface area contributed by atoms with Crippen LogP contribution < -0.4 is 5.32 Å². The Labute approximate surface area is 137 Å². The van der Waals surface area contributed by atoms with Gasteiger partial charge in [-0.2, -0.15) is 5.10 Å². The lowest BCUT2D eigenvalue weighted by Crippen LogP contribution is -2.49. The molecule has 2 atom stereocenters. The van der Waals surface area contributed by atoms with Crippen molar-refractivity contribution in [3.8, 4) is 0 Å². The van der Waals surface area contributed by atoms with E-state index < -0.39 is 0 Å². The molecule has 122 valence electrons. The van der Waals surface area contributed by atoms with E-state index in [1.54, 1.807) is 0 Å². The second-order valence-electron chi connectivity index (χ2n) is 6.58. The molecule has 1 heterocycles. The third kappa shape index (κ3) is 4.80. The Kier molecular flexibility index (Phi) is 6.88. The second kappa shape index (κ2) is 7.75. The normalized spacial score (nSPS) is 15.2. The van der Waals surface area contributed by atoms with Gasteiger partial charge < -0.3 is 10.1 Å². The number of aryl methyl sites for hydroxylation is 2. The average Bonchev–Trinajstić information content (AvgIpc) is 2.60. The molecule has 0 fully saturated rings. The van der Waals surface area contributed by atoms with Gasteiger partial charge in [0.2, 0.25) is 0 Å². The Balaban J connectivity index is 3.04. The summed E-state index contributed by atoms with van der Waals surface area (Å²) in [5, 5.41) is 8.09. The maximum absolute atomic E-state index is 6.07. The van der Waals surface area contributed by atoms with Crippen molar-refractivity contribution >= 4 is 15.9 Å². The van der Waals surface area contributed by atoms with E-state index in [9.17, 15) is 0 Å². The second-order valence-corrected chi connectivity index (χ2v) is 7.37. The number of halogens is 1. The Morgan fingerprint density at radius 1 is 1.33 bits per heavy atom. The van der Waals surface area contributed by atoms with Crippen molar-refractivity contribution in [2.24, 2.45) is 12.5 Å². The third-order valence-corrected chi connectivity index (χ3v) is 4.74. The van der Waals surface area contributed by atoms with Crippen LogP contribution in [0.3, 0.4) is 0 Å². The highest BCUT2D eigenvalue weighted by molar-refractivity contribution is 9.10. The van der Waals surface area contributed by atoms with Crippen molar-refractivity contribution in [3.05, 3.63) is 15.9 Å². The highest BCUT2D eigenvalue weighted by atomic mass is 79.9. The molecule has 0 saturated carbocycles. The standard InChI is InChI=1S/C16H30BrN3O/c1-8-18-12(15(21-9-2)16(4,5)6)10-13-14(17)11(3)19-20(13)7/h12,15,18H,8-10H2,1-7H3. The van der Waals surface area contributed by atoms with Gasteiger partial charge in [0.05, 0.1) is 22.0 Å². The molecule has 0 aliphatic heterocycles. The summed E-state index contributed by atoms with van der Waals surface area (Å²) in [5.41, 5.74) is 2.34. The summed E-state index contributed by atoms with van der Waals surface area (Å²) in [4.78, 5) is 0. The molecule has 0 amide bonds. The van der Waals surface area contributed by atoms with Crippen LogP contribution in [0.5, 0.6) is 0 Å². The quantitative estimate of drug-likeness (QED) is 0.809. The Morgan fingerprint density at radius 2 is 1.95 bits per heavy atom. The minimum atomic E-state index is 0.0863. The lowest BCUT2D eigenvalue weighted by atomic mass is 9.82. The largest absolute Gasteiger partial charge is 0.376 e. The van der Waals surface area contributed by atoms with E-state index in [-0.39, 0.29) is 17.6 Å². The first-order chi connectivity index (χ1) is 9.72. The monoisotopic (exact) mass is 359 g/mol. The summed E-state index contributed by atoms with van der Waals surface area (Å²) in [6.07, 6.45) is 1.05. The van der Waals surface area contributed by atoms with Gasteiger partial charge in [0, 0.05) is 26.1 Å². The SMILES string of the molecule is CCNC(Cc1c(Br)c(C)nn1C)C(OCC)C(C)(C)C. The van der Waals surface area contributed by atoms with E-state index in [2.05, 4.69) is 61.0 Å². The average molecular weight is 360 g/mol. The fourth-order valence-corrected chi connectivity index (χ4v) is 3.31. The number of rotatable bonds is 7. The van der Waals surface area contributed by atoms with Crippen LogP contribution in [0.2, 0.25) is 0 Å². The lowest BCUT2D eigenvalue weighted by Gasteiger charge is -2.37. The molecule has 0 aliphatic carbocycles. The maximum Gasteiger partial charge on any atom is 0.0779 e. The van der Waals surface area contributed by atoms with Crippen molar-refractivity contribution in [3.63, 3.8) is 0 Å². The van der Waals surface area contributed by atoms with Crippen LogP contribution >= 0.6 is 15.9 Å². The zero-order valence-corrected chi connectivity index (χ0v) is 16.0. The van der Waals surface area contributed by atoms with Gasteiger partial charge in [0.15, 0.2) is 0 Å². The van der Waals surface area contributed by atoms with Crippen LogP contribution in [0.1, 0.15) is 46.0 Å². The molecule has 0 saturated heterocycles. The lowest BCUT2D eigenvalue weighted by molar-refractivity contribution is -0.0355. The van der Waals surface area contributed by atoms with Crippen molar-refractivity contribution in [2.75, 3.05) is 13.2 Å². The summed E-state index contributed by atoms with van der Waals surface area (Å²) < 4.78 is 9.15. The zero-order valence-electron chi connectivity index (χ0n) is 14.5. The molecule has 1 rings (SSSR count). The van der Waals surface area contributed by atoms with Crippen LogP contribution in [-0.4, -0.2) is 35.1 Å². The van der Waals surface area contributed by atoms with Gasteiger partial charge in [-0.3, -0.25) is 4.68 Å². The molecule has 5 heteroatoms. The van der Waals surface area contributed by atoms with Gasteiger partial charge in [0.1, 0.15) is 0 Å². The Morgan fingerprint density at radius 3 is 2.33 bits per heavy atom. The summed E-state index contributed by atoms with van der Waals surface area (Å²) in [5.74, 6) is 0. The Hall–Kier alpha value is -0.390. The minimum absolute atomic E-state index is 0.0863. The number of likely N-dealkylation sites (N-methyl/N-ethyl adjacent to an activating group) is 1. The summed E-state index contributed by atoms with van der Waals surface area (Å²) >= 11 is 3.67. The Bertz CT molecular complexity index is 451. The van der Waals surface area contributed by atoms with Gasteiger partial charge >= 0.3 is 0 Å². The van der Waals surface area contributed by atoms with Gasteiger partial charge in [-0.15, -0.1) is 0 Å². The van der Waals surface area contributed by atoms with E-state index in [4.69, 9.17) is 4.74 Å². The number of nitrogens with one attached hydrogen (secondary N) is 1. The highest BCUT2D eigenvalue weighted by Gasteiger charge is 2.33. The van der Waals surface area contributed by atoms with E-state index >= 15 is 0 Å². The molecule has 0 radical (unpaired) electrons. The molecular formula is C16H30BrN3O. The highest BCUT2D eigenvalue weighted by Crippen LogP contribution is 2.29. The van der Waals surface area contributed by atoms with Crippen LogP contribution in [0, 0.1) is 12.3 Å². The fraction of sp³-hybridized carbons (Fsp3) is 0.812. The zero-order chi connectivity index (χ0) is 16.2. The minimum Gasteiger partial charge on any atom is -0.376 e. The molecule has 0 bridgehead atoms. The molecule has 1 N–H and O–H groups in total. The fourth-order valence-electron chi connectivity index (χ4n) is 2.81. The molecule has 0 aliphatic rings. The third-order valence-electron chi connectivity index (χ3n) is 3.71. The van der Waals surface area contributed by atoms with Crippen molar-refractivity contribution in [2.45, 2.75) is 60.1 Å². The van der Waals surface area contributed by atoms with E-state index in [1.165, 1.54) is 5.69 Å². The predicted octanol–water partition coefficient (Wildman–Crippen LogP) is 3.46. The van der Waals surface area contributed by atoms with Crippen molar-refractivity contribution in [1.82, 2.24) is 15.1 Å². The van der Waals surface area contributed by atoms with E-state index in [0.29, 0.717) is 0 Å². The van der Waals surface area contributed by atoms with Crippen LogP contribution in [0.15, 0.2) is 4.47 Å². The molecule has 1 aromatic heterocycles. The molecule has 2 unspecified atom stereocenters. The van der Waals surface area contributed by atoms with Gasteiger partial charge in [-0.1, -0.05) is 27.7 Å². The molecular weight excluding hydrogens is 330 g/mol. The smallest absolute Gasteiger partial charge is 0.0779 e. The molecule has 4 nitrogen and oxygen atoms in total. The van der Waals surface area contributed by atoms with Crippen LogP contribution in [-0.2, 0) is 18.2 Å². The summed E-state index contributed by atoms with van der Waals surface area (Å²) in [7, 11) is 2.00. The van der Waals surface area contributed by atoms with Crippen LogP contribution in [0.25, 0.3) is 0 Å². The maximum atomic E-state index is 6.07. The summed E-state index contributed by atoms with van der Waals surface area (Å²) in [6.45, 7) is 14.6. The predicted molar refractivity (Wildman–Crippen MR) is 91.7 cm³/mol. The van der Waals surface area contributed by atoms with Crippen LogP contribution in [0.4, 0.5) is 0 Å². The first kappa shape index (κ1) is 18.7. The van der Waals surface area contributed by atoms with E-state index in [0.717, 1.165) is 29.7 Å². The first-order valence-electron chi connectivity index (χ1n) is 7.75. The van der Waals surface area contributed by atoms with Crippen molar-refractivity contribution < 1.29 is 4.74 Å². The number of aromatic nitrogens is 2. The van der Waals surface area contributed by atoms with Gasteiger partial charge in [0.25, 0.3) is 0 Å². The molecule has 0 aromatic carbocycles.